The average molecular weight is 404 g/mol. The van der Waals surface area contributed by atoms with E-state index in [-0.39, 0.29) is 36.3 Å². The Hall–Kier alpha value is -2.24. The number of benzene rings is 1. The molecule has 29 heavy (non-hydrogen) atoms. The van der Waals surface area contributed by atoms with Crippen LogP contribution in [0.4, 0.5) is 4.79 Å². The topological polar surface area (TPSA) is 65.1 Å². The van der Waals surface area contributed by atoms with Gasteiger partial charge in [-0.05, 0) is 48.8 Å². The molecule has 1 saturated heterocycles. The molecule has 0 bridgehead atoms. The second kappa shape index (κ2) is 9.06. The molecule has 6 heteroatoms. The van der Waals surface area contributed by atoms with E-state index in [1.807, 2.05) is 32.9 Å². The summed E-state index contributed by atoms with van der Waals surface area (Å²) in [5, 5.41) is 0. The summed E-state index contributed by atoms with van der Waals surface area (Å²) in [5.41, 5.74) is 1.80. The molecule has 0 radical (unpaired) electrons. The zero-order chi connectivity index (χ0) is 21.1. The lowest BCUT2D eigenvalue weighted by Gasteiger charge is -2.34. The van der Waals surface area contributed by atoms with Gasteiger partial charge in [-0.1, -0.05) is 39.2 Å². The fourth-order valence-electron chi connectivity index (χ4n) is 4.78. The van der Waals surface area contributed by atoms with Gasteiger partial charge in [-0.15, -0.1) is 0 Å². The predicted octanol–water partition coefficient (Wildman–Crippen LogP) is 4.68. The van der Waals surface area contributed by atoms with Crippen LogP contribution in [0.15, 0.2) is 12.1 Å². The van der Waals surface area contributed by atoms with Crippen LogP contribution < -0.4 is 9.47 Å². The molecule has 160 valence electrons. The lowest BCUT2D eigenvalue weighted by atomic mass is 9.75. The Balaban J connectivity index is 2.05. The Morgan fingerprint density at radius 1 is 1.14 bits per heavy atom. The maximum atomic E-state index is 13.8. The van der Waals surface area contributed by atoms with Crippen molar-refractivity contribution >= 4 is 12.0 Å². The second-order valence-corrected chi connectivity index (χ2v) is 8.55. The molecule has 0 unspecified atom stereocenters. The van der Waals surface area contributed by atoms with E-state index in [1.165, 1.54) is 11.3 Å². The lowest BCUT2D eigenvalue weighted by molar-refractivity contribution is -0.133. The molecule has 1 aromatic rings. The van der Waals surface area contributed by atoms with Crippen LogP contribution in [0.1, 0.15) is 63.0 Å². The lowest BCUT2D eigenvalue weighted by Crippen LogP contribution is -2.45. The molecular formula is C23H33NO5. The van der Waals surface area contributed by atoms with Crippen LogP contribution in [0.5, 0.6) is 11.5 Å². The number of amides is 2. The van der Waals surface area contributed by atoms with Crippen LogP contribution in [-0.4, -0.2) is 43.8 Å². The van der Waals surface area contributed by atoms with Crippen molar-refractivity contribution in [2.24, 2.45) is 11.8 Å². The smallest absolute Gasteiger partial charge is 0.417 e. The van der Waals surface area contributed by atoms with Crippen molar-refractivity contribution < 1.29 is 23.8 Å². The summed E-state index contributed by atoms with van der Waals surface area (Å²) in [6, 6.07) is 3.68. The first-order valence-electron chi connectivity index (χ1n) is 10.6. The SMILES string of the molecule is COc1cc([C@@H](C(=O)N2C(=O)OC[C@@H]2C(C)C)C2CCCCC2)cc(C)c1OC. The number of aryl methyl sites for hydroxylation is 1. The number of hydrogen-bond acceptors (Lipinski definition) is 5. The third-order valence-electron chi connectivity index (χ3n) is 6.35. The highest BCUT2D eigenvalue weighted by Gasteiger charge is 2.44. The van der Waals surface area contributed by atoms with Crippen molar-refractivity contribution in [1.82, 2.24) is 4.90 Å². The molecule has 1 aliphatic carbocycles. The first kappa shape index (κ1) is 21.5. The zero-order valence-corrected chi connectivity index (χ0v) is 18.2. The first-order chi connectivity index (χ1) is 13.9. The Kier molecular flexibility index (Phi) is 6.70. The number of imide groups is 1. The number of methoxy groups -OCH3 is 2. The molecule has 3 rings (SSSR count). The standard InChI is InChI=1S/C23H33NO5/c1-14(2)18-13-29-23(26)24(18)22(25)20(16-9-7-6-8-10-16)17-11-15(3)21(28-5)19(12-17)27-4/h11-12,14,16,18,20H,6-10,13H2,1-5H3/t18-,20+/m1/s1. The monoisotopic (exact) mass is 403 g/mol. The summed E-state index contributed by atoms with van der Waals surface area (Å²) in [6.45, 7) is 6.26. The minimum Gasteiger partial charge on any atom is -0.493 e. The third-order valence-corrected chi connectivity index (χ3v) is 6.35. The van der Waals surface area contributed by atoms with Crippen LogP contribution in [0.3, 0.4) is 0 Å². The normalized spacial score (nSPS) is 21.2. The Morgan fingerprint density at radius 2 is 1.83 bits per heavy atom. The summed E-state index contributed by atoms with van der Waals surface area (Å²) >= 11 is 0. The molecular weight excluding hydrogens is 370 g/mol. The molecule has 1 aromatic carbocycles. The Morgan fingerprint density at radius 3 is 2.41 bits per heavy atom. The molecule has 1 saturated carbocycles. The maximum absolute atomic E-state index is 13.8. The van der Waals surface area contributed by atoms with Gasteiger partial charge in [-0.2, -0.15) is 0 Å². The van der Waals surface area contributed by atoms with Gasteiger partial charge in [-0.25, -0.2) is 9.69 Å². The Bertz CT molecular complexity index is 754. The molecule has 0 aromatic heterocycles. The van der Waals surface area contributed by atoms with Crippen LogP contribution >= 0.6 is 0 Å². The number of hydrogen-bond donors (Lipinski definition) is 0. The quantitative estimate of drug-likeness (QED) is 0.690. The average Bonchev–Trinajstić information content (AvgIpc) is 3.10. The highest BCUT2D eigenvalue weighted by Crippen LogP contribution is 2.42. The van der Waals surface area contributed by atoms with E-state index in [0.717, 1.165) is 36.8 Å². The second-order valence-electron chi connectivity index (χ2n) is 8.55. The van der Waals surface area contributed by atoms with Gasteiger partial charge in [0, 0.05) is 0 Å². The van der Waals surface area contributed by atoms with E-state index in [1.54, 1.807) is 14.2 Å². The molecule has 1 heterocycles. The number of nitrogens with zero attached hydrogens (tertiary/aromatic N) is 1. The van der Waals surface area contributed by atoms with Crippen LogP contribution in [0, 0.1) is 18.8 Å². The van der Waals surface area contributed by atoms with Crippen molar-refractivity contribution in [3.63, 3.8) is 0 Å². The molecule has 2 fully saturated rings. The fraction of sp³-hybridized carbons (Fsp3) is 0.652. The van der Waals surface area contributed by atoms with Gasteiger partial charge >= 0.3 is 6.09 Å². The summed E-state index contributed by atoms with van der Waals surface area (Å²) in [5.74, 6) is 1.09. The van der Waals surface area contributed by atoms with Crippen molar-refractivity contribution in [2.75, 3.05) is 20.8 Å². The Labute approximate surface area is 173 Å². The molecule has 0 spiro atoms. The molecule has 2 amide bonds. The maximum Gasteiger partial charge on any atom is 0.417 e. The summed E-state index contributed by atoms with van der Waals surface area (Å²) < 4.78 is 16.3. The minimum atomic E-state index is -0.522. The van der Waals surface area contributed by atoms with E-state index in [9.17, 15) is 9.59 Å². The summed E-state index contributed by atoms with van der Waals surface area (Å²) in [7, 11) is 3.22. The van der Waals surface area contributed by atoms with Crippen LogP contribution in [-0.2, 0) is 9.53 Å². The van der Waals surface area contributed by atoms with Gasteiger partial charge in [0.2, 0.25) is 5.91 Å². The fourth-order valence-corrected chi connectivity index (χ4v) is 4.78. The third kappa shape index (κ3) is 4.21. The van der Waals surface area contributed by atoms with Crippen molar-refractivity contribution in [3.05, 3.63) is 23.3 Å². The molecule has 2 atom stereocenters. The number of cyclic esters (lactones) is 1. The van der Waals surface area contributed by atoms with E-state index in [4.69, 9.17) is 14.2 Å². The van der Waals surface area contributed by atoms with Gasteiger partial charge in [0.25, 0.3) is 0 Å². The van der Waals surface area contributed by atoms with Gasteiger partial charge in [0.1, 0.15) is 6.61 Å². The molecule has 6 nitrogen and oxygen atoms in total. The largest absolute Gasteiger partial charge is 0.493 e. The van der Waals surface area contributed by atoms with Gasteiger partial charge in [-0.3, -0.25) is 4.79 Å². The van der Waals surface area contributed by atoms with Crippen molar-refractivity contribution in [1.29, 1.82) is 0 Å². The van der Waals surface area contributed by atoms with E-state index >= 15 is 0 Å². The van der Waals surface area contributed by atoms with Crippen molar-refractivity contribution in [2.45, 2.75) is 64.8 Å². The molecule has 2 aliphatic rings. The highest BCUT2D eigenvalue weighted by atomic mass is 16.6. The summed E-state index contributed by atoms with van der Waals surface area (Å²) in [4.78, 5) is 27.6. The molecule has 0 N–H and O–H groups in total. The van der Waals surface area contributed by atoms with E-state index in [2.05, 4.69) is 0 Å². The minimum absolute atomic E-state index is 0.143. The molecule has 1 aliphatic heterocycles. The number of rotatable bonds is 6. The predicted molar refractivity (Wildman–Crippen MR) is 110 cm³/mol. The van der Waals surface area contributed by atoms with E-state index < -0.39 is 6.09 Å². The number of carbonyl (C=O) groups is 2. The van der Waals surface area contributed by atoms with E-state index in [0.29, 0.717) is 11.5 Å². The number of carbonyl (C=O) groups excluding carboxylic acids is 2. The van der Waals surface area contributed by atoms with Crippen LogP contribution in [0.2, 0.25) is 0 Å². The first-order valence-corrected chi connectivity index (χ1v) is 10.6. The highest BCUT2D eigenvalue weighted by molar-refractivity contribution is 5.97. The number of ether oxygens (including phenoxy) is 3. The van der Waals surface area contributed by atoms with Gasteiger partial charge in [0.05, 0.1) is 26.2 Å². The zero-order valence-electron chi connectivity index (χ0n) is 18.2. The van der Waals surface area contributed by atoms with Gasteiger partial charge < -0.3 is 14.2 Å². The van der Waals surface area contributed by atoms with Crippen molar-refractivity contribution in [3.8, 4) is 11.5 Å². The summed E-state index contributed by atoms with van der Waals surface area (Å²) in [6.07, 6.45) is 4.87. The van der Waals surface area contributed by atoms with Crippen LogP contribution in [0.25, 0.3) is 0 Å². The van der Waals surface area contributed by atoms with Gasteiger partial charge in [0.15, 0.2) is 11.5 Å².